The van der Waals surface area contributed by atoms with Crippen LogP contribution in [0.15, 0.2) is 48.5 Å². The van der Waals surface area contributed by atoms with Crippen LogP contribution in [0.5, 0.6) is 0 Å². The maximum atomic E-state index is 10.6. The second-order valence-electron chi connectivity index (χ2n) is 4.29. The standard InChI is InChI=1S/C14H11N3O2/c1-10-13-4-2-3-5-14(13)16(15-10)11-6-8-12(9-7-11)17(18)19/h2-9H,1H3. The minimum Gasteiger partial charge on any atom is -0.258 e. The predicted molar refractivity (Wildman–Crippen MR) is 72.5 cm³/mol. The lowest BCUT2D eigenvalue weighted by atomic mass is 10.2. The summed E-state index contributed by atoms with van der Waals surface area (Å²) >= 11 is 0. The summed E-state index contributed by atoms with van der Waals surface area (Å²) < 4.78 is 1.80. The molecule has 0 spiro atoms. The van der Waals surface area contributed by atoms with Crippen LogP contribution in [0.4, 0.5) is 5.69 Å². The van der Waals surface area contributed by atoms with Crippen molar-refractivity contribution in [3.05, 3.63) is 64.3 Å². The Morgan fingerprint density at radius 3 is 2.47 bits per heavy atom. The van der Waals surface area contributed by atoms with Crippen molar-refractivity contribution in [2.45, 2.75) is 6.92 Å². The molecule has 0 N–H and O–H groups in total. The fourth-order valence-electron chi connectivity index (χ4n) is 2.13. The smallest absolute Gasteiger partial charge is 0.258 e. The van der Waals surface area contributed by atoms with Crippen LogP contribution in [0.25, 0.3) is 16.6 Å². The maximum absolute atomic E-state index is 10.6. The lowest BCUT2D eigenvalue weighted by Gasteiger charge is -2.02. The molecule has 1 heterocycles. The minimum absolute atomic E-state index is 0.0805. The Labute approximate surface area is 109 Å². The van der Waals surface area contributed by atoms with E-state index in [1.54, 1.807) is 16.8 Å². The first-order chi connectivity index (χ1) is 9.16. The van der Waals surface area contributed by atoms with Crippen LogP contribution in [-0.4, -0.2) is 14.7 Å². The van der Waals surface area contributed by atoms with Gasteiger partial charge in [0.1, 0.15) is 0 Å². The zero-order chi connectivity index (χ0) is 13.4. The third-order valence-electron chi connectivity index (χ3n) is 3.08. The van der Waals surface area contributed by atoms with Gasteiger partial charge in [-0.2, -0.15) is 5.10 Å². The summed E-state index contributed by atoms with van der Waals surface area (Å²) in [4.78, 5) is 10.2. The van der Waals surface area contributed by atoms with Gasteiger partial charge in [0.25, 0.3) is 5.69 Å². The maximum Gasteiger partial charge on any atom is 0.269 e. The summed E-state index contributed by atoms with van der Waals surface area (Å²) in [5.74, 6) is 0. The van der Waals surface area contributed by atoms with E-state index in [-0.39, 0.29) is 5.69 Å². The Bertz CT molecular complexity index is 760. The Hall–Kier alpha value is -2.69. The zero-order valence-electron chi connectivity index (χ0n) is 10.3. The number of hydrogen-bond acceptors (Lipinski definition) is 3. The largest absolute Gasteiger partial charge is 0.269 e. The van der Waals surface area contributed by atoms with Gasteiger partial charge >= 0.3 is 0 Å². The Kier molecular flexibility index (Phi) is 2.52. The van der Waals surface area contributed by atoms with Gasteiger partial charge in [-0.1, -0.05) is 18.2 Å². The molecule has 19 heavy (non-hydrogen) atoms. The number of non-ortho nitro benzene ring substituents is 1. The van der Waals surface area contributed by atoms with Crippen LogP contribution >= 0.6 is 0 Å². The third-order valence-corrected chi connectivity index (χ3v) is 3.08. The molecule has 0 aliphatic carbocycles. The number of nitro benzene ring substituents is 1. The molecule has 0 amide bonds. The first-order valence-electron chi connectivity index (χ1n) is 5.86. The number of para-hydroxylation sites is 1. The molecule has 1 aromatic heterocycles. The molecular formula is C14H11N3O2. The van der Waals surface area contributed by atoms with Gasteiger partial charge in [0, 0.05) is 17.5 Å². The number of hydrogen-bond donors (Lipinski definition) is 0. The normalized spacial score (nSPS) is 10.8. The Morgan fingerprint density at radius 1 is 1.11 bits per heavy atom. The van der Waals surface area contributed by atoms with Crippen LogP contribution in [0.1, 0.15) is 5.69 Å². The summed E-state index contributed by atoms with van der Waals surface area (Å²) in [5, 5.41) is 16.2. The number of aryl methyl sites for hydroxylation is 1. The number of rotatable bonds is 2. The van der Waals surface area contributed by atoms with Crippen LogP contribution in [-0.2, 0) is 0 Å². The van der Waals surface area contributed by atoms with Crippen molar-refractivity contribution < 1.29 is 4.92 Å². The summed E-state index contributed by atoms with van der Waals surface area (Å²) in [5.41, 5.74) is 2.83. The zero-order valence-corrected chi connectivity index (χ0v) is 10.3. The fraction of sp³-hybridized carbons (Fsp3) is 0.0714. The van der Waals surface area contributed by atoms with E-state index in [0.717, 1.165) is 22.3 Å². The monoisotopic (exact) mass is 253 g/mol. The number of aromatic nitrogens is 2. The van der Waals surface area contributed by atoms with Gasteiger partial charge in [0.15, 0.2) is 0 Å². The number of nitro groups is 1. The molecule has 0 aliphatic heterocycles. The molecule has 3 aromatic rings. The predicted octanol–water partition coefficient (Wildman–Crippen LogP) is 3.24. The molecule has 0 saturated carbocycles. The van der Waals surface area contributed by atoms with E-state index in [9.17, 15) is 10.1 Å². The van der Waals surface area contributed by atoms with Crippen LogP contribution in [0, 0.1) is 17.0 Å². The van der Waals surface area contributed by atoms with E-state index in [1.807, 2.05) is 31.2 Å². The quantitative estimate of drug-likeness (QED) is 0.520. The third kappa shape index (κ3) is 1.85. The molecule has 5 heteroatoms. The number of nitrogens with zero attached hydrogens (tertiary/aromatic N) is 3. The lowest BCUT2D eigenvalue weighted by Crippen LogP contribution is -1.97. The molecule has 0 aliphatic rings. The summed E-state index contributed by atoms with van der Waals surface area (Å²) in [6.07, 6.45) is 0. The van der Waals surface area contributed by atoms with Crippen molar-refractivity contribution in [1.82, 2.24) is 9.78 Å². The van der Waals surface area contributed by atoms with Crippen LogP contribution in [0.3, 0.4) is 0 Å². The first kappa shape index (κ1) is 11.4. The highest BCUT2D eigenvalue weighted by molar-refractivity contribution is 5.83. The molecule has 0 atom stereocenters. The average molecular weight is 253 g/mol. The van der Waals surface area contributed by atoms with Crippen molar-refractivity contribution >= 4 is 16.6 Å². The van der Waals surface area contributed by atoms with Crippen molar-refractivity contribution in [3.63, 3.8) is 0 Å². The van der Waals surface area contributed by atoms with E-state index in [2.05, 4.69) is 5.10 Å². The minimum atomic E-state index is -0.407. The van der Waals surface area contributed by atoms with Crippen LogP contribution in [0.2, 0.25) is 0 Å². The molecule has 0 radical (unpaired) electrons. The molecule has 94 valence electrons. The topological polar surface area (TPSA) is 61.0 Å². The molecule has 0 saturated heterocycles. The van der Waals surface area contributed by atoms with Crippen LogP contribution < -0.4 is 0 Å². The number of benzene rings is 2. The van der Waals surface area contributed by atoms with Crippen molar-refractivity contribution in [1.29, 1.82) is 0 Å². The highest BCUT2D eigenvalue weighted by atomic mass is 16.6. The Balaban J connectivity index is 2.16. The highest BCUT2D eigenvalue weighted by Gasteiger charge is 2.10. The second kappa shape index (κ2) is 4.20. The van der Waals surface area contributed by atoms with Crippen molar-refractivity contribution in [3.8, 4) is 5.69 Å². The van der Waals surface area contributed by atoms with E-state index in [0.29, 0.717) is 0 Å². The molecule has 0 unspecified atom stereocenters. The molecule has 0 fully saturated rings. The lowest BCUT2D eigenvalue weighted by molar-refractivity contribution is -0.384. The van der Waals surface area contributed by atoms with E-state index >= 15 is 0 Å². The van der Waals surface area contributed by atoms with Gasteiger partial charge in [-0.3, -0.25) is 10.1 Å². The molecule has 2 aromatic carbocycles. The van der Waals surface area contributed by atoms with Gasteiger partial charge in [-0.05, 0) is 25.1 Å². The molecule has 5 nitrogen and oxygen atoms in total. The van der Waals surface area contributed by atoms with E-state index < -0.39 is 4.92 Å². The van der Waals surface area contributed by atoms with Gasteiger partial charge in [0.05, 0.1) is 21.8 Å². The number of fused-ring (bicyclic) bond motifs is 1. The summed E-state index contributed by atoms with van der Waals surface area (Å²) in [7, 11) is 0. The fourth-order valence-corrected chi connectivity index (χ4v) is 2.13. The van der Waals surface area contributed by atoms with Crippen molar-refractivity contribution in [2.24, 2.45) is 0 Å². The van der Waals surface area contributed by atoms with Gasteiger partial charge in [-0.15, -0.1) is 0 Å². The van der Waals surface area contributed by atoms with Gasteiger partial charge < -0.3 is 0 Å². The molecular weight excluding hydrogens is 242 g/mol. The summed E-state index contributed by atoms with van der Waals surface area (Å²) in [6.45, 7) is 1.95. The van der Waals surface area contributed by atoms with Gasteiger partial charge in [0.2, 0.25) is 0 Å². The highest BCUT2D eigenvalue weighted by Crippen LogP contribution is 2.22. The summed E-state index contributed by atoms with van der Waals surface area (Å²) in [6, 6.07) is 14.3. The first-order valence-corrected chi connectivity index (χ1v) is 5.86. The van der Waals surface area contributed by atoms with Gasteiger partial charge in [-0.25, -0.2) is 4.68 Å². The average Bonchev–Trinajstić information content (AvgIpc) is 2.77. The van der Waals surface area contributed by atoms with E-state index in [1.165, 1.54) is 12.1 Å². The molecule has 3 rings (SSSR count). The van der Waals surface area contributed by atoms with E-state index in [4.69, 9.17) is 0 Å². The SMILES string of the molecule is Cc1nn(-c2ccc([N+](=O)[O-])cc2)c2ccccc12. The molecule has 0 bridgehead atoms. The second-order valence-corrected chi connectivity index (χ2v) is 4.29. The van der Waals surface area contributed by atoms with Crippen molar-refractivity contribution in [2.75, 3.05) is 0 Å². The Morgan fingerprint density at radius 2 is 1.79 bits per heavy atom.